The van der Waals surface area contributed by atoms with Crippen LogP contribution in [0.25, 0.3) is 49.7 Å². The van der Waals surface area contributed by atoms with Crippen LogP contribution in [-0.4, -0.2) is 14.5 Å². The molecule has 0 amide bonds. The van der Waals surface area contributed by atoms with E-state index in [0.717, 1.165) is 49.5 Å². The molecule has 0 spiro atoms. The van der Waals surface area contributed by atoms with Crippen molar-refractivity contribution in [1.82, 2.24) is 14.5 Å². The van der Waals surface area contributed by atoms with Crippen LogP contribution in [0.5, 0.6) is 11.5 Å². The number of benzene rings is 4. The van der Waals surface area contributed by atoms with E-state index in [9.17, 15) is 0 Å². The molecule has 0 aliphatic carbocycles. The van der Waals surface area contributed by atoms with Crippen molar-refractivity contribution < 1.29 is 30.2 Å². The summed E-state index contributed by atoms with van der Waals surface area (Å²) in [7, 11) is 0. The molecule has 0 atom stereocenters. The molecule has 41 heavy (non-hydrogen) atoms. The van der Waals surface area contributed by atoms with Crippen LogP contribution in [-0.2, 0) is 21.1 Å². The van der Waals surface area contributed by atoms with E-state index in [2.05, 4.69) is 65.9 Å². The van der Waals surface area contributed by atoms with Crippen LogP contribution in [0, 0.1) is 19.1 Å². The van der Waals surface area contributed by atoms with Crippen LogP contribution in [0.4, 0.5) is 0 Å². The molecule has 0 bridgehead atoms. The second kappa shape index (κ2) is 11.1. The molecule has 0 fully saturated rings. The number of thiazole rings is 1. The fourth-order valence-electron chi connectivity index (χ4n) is 4.90. The number of fused-ring (bicyclic) bond motifs is 3. The minimum Gasteiger partial charge on any atom is -0.503 e. The maximum absolute atomic E-state index is 6.29. The summed E-state index contributed by atoms with van der Waals surface area (Å²) >= 11 is 1.71. The monoisotopic (exact) mass is 734 g/mol. The Bertz CT molecular complexity index is 1990. The maximum atomic E-state index is 6.29. The summed E-state index contributed by atoms with van der Waals surface area (Å²) in [5.74, 6) is 2.83. The zero-order valence-electron chi connectivity index (χ0n) is 22.6. The first-order valence-corrected chi connectivity index (χ1v) is 14.0. The second-order valence-electron chi connectivity index (χ2n) is 9.97. The van der Waals surface area contributed by atoms with Crippen molar-refractivity contribution in [1.29, 1.82) is 0 Å². The van der Waals surface area contributed by atoms with E-state index < -0.39 is 0 Å². The molecule has 3 aromatic heterocycles. The van der Waals surface area contributed by atoms with Crippen LogP contribution in [0.2, 0.25) is 0 Å². The normalized spacial score (nSPS) is 11.3. The topological polar surface area (TPSA) is 53.1 Å². The van der Waals surface area contributed by atoms with Crippen LogP contribution in [0.1, 0.15) is 30.3 Å². The fraction of sp³-hybridized carbons (Fsp3) is 0.118. The summed E-state index contributed by atoms with van der Waals surface area (Å²) in [6.45, 7) is 6.33. The molecule has 0 N–H and O–H groups in total. The van der Waals surface area contributed by atoms with Crippen molar-refractivity contribution in [2.75, 3.05) is 0 Å². The molecule has 0 unspecified atom stereocenters. The Labute approximate surface area is 256 Å². The van der Waals surface area contributed by atoms with Gasteiger partial charge in [0.25, 0.3) is 0 Å². The minimum atomic E-state index is 0. The Balaban J connectivity index is 0.00000302. The molecule has 7 rings (SSSR count). The van der Waals surface area contributed by atoms with Crippen molar-refractivity contribution >= 4 is 33.1 Å². The number of hydrogen-bond donors (Lipinski definition) is 0. The van der Waals surface area contributed by atoms with Gasteiger partial charge in [0.2, 0.25) is 0 Å². The third-order valence-corrected chi connectivity index (χ3v) is 8.16. The molecule has 0 saturated carbocycles. The van der Waals surface area contributed by atoms with E-state index >= 15 is 0 Å². The van der Waals surface area contributed by atoms with Crippen LogP contribution >= 0.6 is 11.3 Å². The van der Waals surface area contributed by atoms with Crippen molar-refractivity contribution in [3.63, 3.8) is 0 Å². The van der Waals surface area contributed by atoms with Gasteiger partial charge in [-0.3, -0.25) is 4.98 Å². The number of aryl methyl sites for hydroxylation is 1. The standard InChI is InChI=1S/C34H25N3O2S.Pt/c1-21(2)31-20-35-34(40-31)37-29-15-8-7-14-27(29)28-17-16-26(19-30(28)37)38-25-13-9-12-24(18-25)33-36-22(3)32(39-33)23-10-5-4-6-11-23;/h4-17,20-21H,1-3H3;/q-2;+2. The summed E-state index contributed by atoms with van der Waals surface area (Å²) in [5, 5.41) is 3.18. The Morgan fingerprint density at radius 2 is 1.63 bits per heavy atom. The average molecular weight is 735 g/mol. The molecule has 0 aliphatic heterocycles. The van der Waals surface area contributed by atoms with Crippen LogP contribution in [0.3, 0.4) is 0 Å². The van der Waals surface area contributed by atoms with Crippen molar-refractivity contribution in [3.05, 3.63) is 114 Å². The Morgan fingerprint density at radius 1 is 0.854 bits per heavy atom. The molecular formula is C34H25N3O2PtS. The summed E-state index contributed by atoms with van der Waals surface area (Å²) in [5.41, 5.74) is 4.57. The number of nitrogens with zero attached hydrogens (tertiary/aromatic N) is 3. The van der Waals surface area contributed by atoms with Gasteiger partial charge < -0.3 is 13.7 Å². The third kappa shape index (κ3) is 5.03. The SMILES string of the molecule is Cc1nc(-c2[c-]c(Oc3[c-]c4c(cc3)c3ccccc3n4-c3ncc(C(C)C)s3)ccc2)oc1-c1ccccc1.[Pt+2]. The van der Waals surface area contributed by atoms with Gasteiger partial charge >= 0.3 is 21.1 Å². The number of para-hydroxylation sites is 1. The van der Waals surface area contributed by atoms with E-state index in [1.165, 1.54) is 4.88 Å². The second-order valence-corrected chi connectivity index (χ2v) is 11.0. The Kier molecular flexibility index (Phi) is 7.37. The average Bonchev–Trinajstić information content (AvgIpc) is 3.69. The third-order valence-electron chi connectivity index (χ3n) is 6.88. The first-order valence-electron chi connectivity index (χ1n) is 13.2. The van der Waals surface area contributed by atoms with Crippen LogP contribution < -0.4 is 4.74 Å². The Hall–Kier alpha value is -3.99. The smallest absolute Gasteiger partial charge is 0.503 e. The van der Waals surface area contributed by atoms with E-state index in [4.69, 9.17) is 14.1 Å². The van der Waals surface area contributed by atoms with Gasteiger partial charge in [-0.05, 0) is 24.3 Å². The molecular weight excluding hydrogens is 710 g/mol. The Morgan fingerprint density at radius 3 is 2.44 bits per heavy atom. The molecule has 3 heterocycles. The van der Waals surface area contributed by atoms with Crippen molar-refractivity contribution in [2.45, 2.75) is 26.7 Å². The predicted octanol–water partition coefficient (Wildman–Crippen LogP) is 9.38. The summed E-state index contributed by atoms with van der Waals surface area (Å²) in [6, 6.07) is 35.0. The van der Waals surface area contributed by atoms with Gasteiger partial charge in [0.15, 0.2) is 5.13 Å². The largest absolute Gasteiger partial charge is 2.00 e. The predicted molar refractivity (Wildman–Crippen MR) is 160 cm³/mol. The van der Waals surface area contributed by atoms with Gasteiger partial charge in [-0.1, -0.05) is 79.5 Å². The molecule has 0 aliphatic rings. The zero-order chi connectivity index (χ0) is 27.2. The van der Waals surface area contributed by atoms with E-state index in [0.29, 0.717) is 23.3 Å². The first-order chi connectivity index (χ1) is 19.5. The molecule has 204 valence electrons. The van der Waals surface area contributed by atoms with Gasteiger partial charge in [-0.2, -0.15) is 6.07 Å². The fourth-order valence-corrected chi connectivity index (χ4v) is 5.84. The number of oxazole rings is 1. The van der Waals surface area contributed by atoms with E-state index in [-0.39, 0.29) is 21.1 Å². The van der Waals surface area contributed by atoms with E-state index in [1.807, 2.05) is 67.7 Å². The summed E-state index contributed by atoms with van der Waals surface area (Å²) in [4.78, 5) is 10.7. The van der Waals surface area contributed by atoms with Gasteiger partial charge in [0.1, 0.15) is 11.7 Å². The van der Waals surface area contributed by atoms with Crippen molar-refractivity contribution in [3.8, 4) is 39.4 Å². The number of hydrogen-bond acceptors (Lipinski definition) is 5. The molecule has 0 radical (unpaired) electrons. The molecule has 4 aromatic carbocycles. The minimum absolute atomic E-state index is 0. The number of aromatic nitrogens is 3. The van der Waals surface area contributed by atoms with E-state index in [1.54, 1.807) is 11.3 Å². The molecule has 7 heteroatoms. The molecule has 7 aromatic rings. The van der Waals surface area contributed by atoms with Gasteiger partial charge in [-0.25, -0.2) is 4.98 Å². The van der Waals surface area contributed by atoms with Crippen molar-refractivity contribution in [2.24, 2.45) is 0 Å². The molecule has 5 nitrogen and oxygen atoms in total. The zero-order valence-corrected chi connectivity index (χ0v) is 25.7. The maximum Gasteiger partial charge on any atom is 2.00 e. The van der Waals surface area contributed by atoms with Gasteiger partial charge in [-0.15, -0.1) is 47.1 Å². The van der Waals surface area contributed by atoms with Crippen LogP contribution in [0.15, 0.2) is 95.5 Å². The molecule has 0 saturated heterocycles. The van der Waals surface area contributed by atoms with Gasteiger partial charge in [0, 0.05) is 33.7 Å². The first kappa shape index (κ1) is 27.2. The number of ether oxygens (including phenoxy) is 1. The quantitative estimate of drug-likeness (QED) is 0.160. The summed E-state index contributed by atoms with van der Waals surface area (Å²) in [6.07, 6.45) is 1.97. The summed E-state index contributed by atoms with van der Waals surface area (Å²) < 4.78 is 14.6. The number of rotatable bonds is 6. The van der Waals surface area contributed by atoms with Gasteiger partial charge in [0.05, 0.1) is 5.69 Å².